The molecule has 3 heteroatoms. The summed E-state index contributed by atoms with van der Waals surface area (Å²) in [6.45, 7) is 4.04. The molecule has 1 unspecified atom stereocenters. The van der Waals surface area contributed by atoms with Gasteiger partial charge in [0.2, 0.25) is 0 Å². The maximum Gasteiger partial charge on any atom is 0.0758 e. The number of hydrogen-bond acceptors (Lipinski definition) is 2. The Morgan fingerprint density at radius 3 is 2.38 bits per heavy atom. The fourth-order valence-corrected chi connectivity index (χ4v) is 1.63. The van der Waals surface area contributed by atoms with Crippen LogP contribution in [0.3, 0.4) is 0 Å². The molecule has 0 saturated carbocycles. The minimum atomic E-state index is -0.442. The second-order valence-electron chi connectivity index (χ2n) is 4.86. The number of benzene rings is 1. The Bertz CT molecular complexity index is 350. The second kappa shape index (κ2) is 5.17. The molecule has 16 heavy (non-hydrogen) atoms. The van der Waals surface area contributed by atoms with Gasteiger partial charge in [-0.1, -0.05) is 29.8 Å². The van der Waals surface area contributed by atoms with Gasteiger partial charge in [0.1, 0.15) is 0 Å². The van der Waals surface area contributed by atoms with E-state index in [1.165, 1.54) is 0 Å². The van der Waals surface area contributed by atoms with E-state index in [1.807, 2.05) is 57.1 Å². The Kier molecular flexibility index (Phi) is 4.36. The molecule has 2 nitrogen and oxygen atoms in total. The maximum atomic E-state index is 10.2. The Hall–Kier alpha value is -0.570. The van der Waals surface area contributed by atoms with Gasteiger partial charge >= 0.3 is 0 Å². The predicted octanol–water partition coefficient (Wildman–Crippen LogP) is 2.58. The number of nitrogens with zero attached hydrogens (tertiary/aromatic N) is 1. The molecular weight excluding hydrogens is 222 g/mol. The van der Waals surface area contributed by atoms with E-state index in [2.05, 4.69) is 0 Å². The van der Waals surface area contributed by atoms with E-state index in [1.54, 1.807) is 0 Å². The van der Waals surface area contributed by atoms with Crippen LogP contribution in [0.4, 0.5) is 0 Å². The van der Waals surface area contributed by atoms with Crippen LogP contribution in [-0.4, -0.2) is 35.7 Å². The predicted molar refractivity (Wildman–Crippen MR) is 68.9 cm³/mol. The first-order valence-corrected chi connectivity index (χ1v) is 5.82. The summed E-state index contributed by atoms with van der Waals surface area (Å²) in [6, 6.07) is 7.65. The highest BCUT2D eigenvalue weighted by atomic mass is 35.5. The highest BCUT2D eigenvalue weighted by Crippen LogP contribution is 2.23. The van der Waals surface area contributed by atoms with Crippen molar-refractivity contribution in [3.63, 3.8) is 0 Å². The second-order valence-corrected chi connectivity index (χ2v) is 5.27. The summed E-state index contributed by atoms with van der Waals surface area (Å²) in [4.78, 5) is 2.02. The molecule has 0 amide bonds. The lowest BCUT2D eigenvalue weighted by Gasteiger charge is -2.37. The minimum Gasteiger partial charge on any atom is -0.391 e. The van der Waals surface area contributed by atoms with Crippen molar-refractivity contribution in [3.8, 4) is 0 Å². The van der Waals surface area contributed by atoms with Gasteiger partial charge in [0.05, 0.1) is 6.10 Å². The van der Waals surface area contributed by atoms with Gasteiger partial charge in [-0.15, -0.1) is 0 Å². The average Bonchev–Trinajstić information content (AvgIpc) is 2.21. The Labute approximate surface area is 103 Å². The molecule has 0 radical (unpaired) electrons. The first-order valence-electron chi connectivity index (χ1n) is 5.44. The van der Waals surface area contributed by atoms with Crippen LogP contribution in [-0.2, 0) is 6.42 Å². The molecule has 0 bridgehead atoms. The number of hydrogen-bond donors (Lipinski definition) is 1. The van der Waals surface area contributed by atoms with Crippen molar-refractivity contribution in [3.05, 3.63) is 34.9 Å². The van der Waals surface area contributed by atoms with Crippen molar-refractivity contribution in [2.24, 2.45) is 0 Å². The summed E-state index contributed by atoms with van der Waals surface area (Å²) < 4.78 is 0. The summed E-state index contributed by atoms with van der Waals surface area (Å²) in [6.07, 6.45) is 0.132. The monoisotopic (exact) mass is 241 g/mol. The maximum absolute atomic E-state index is 10.2. The van der Waals surface area contributed by atoms with E-state index < -0.39 is 6.10 Å². The van der Waals surface area contributed by atoms with Crippen molar-refractivity contribution in [2.45, 2.75) is 31.9 Å². The largest absolute Gasteiger partial charge is 0.391 e. The lowest BCUT2D eigenvalue weighted by atomic mass is 9.91. The van der Waals surface area contributed by atoms with E-state index in [0.29, 0.717) is 6.42 Å². The molecule has 1 aromatic rings. The number of aliphatic hydroxyl groups excluding tert-OH is 1. The van der Waals surface area contributed by atoms with E-state index >= 15 is 0 Å². The summed E-state index contributed by atoms with van der Waals surface area (Å²) in [5, 5.41) is 10.9. The topological polar surface area (TPSA) is 23.5 Å². The molecule has 1 N–H and O–H groups in total. The first-order chi connectivity index (χ1) is 7.35. The van der Waals surface area contributed by atoms with Crippen LogP contribution in [0, 0.1) is 0 Å². The smallest absolute Gasteiger partial charge is 0.0758 e. The molecule has 0 aliphatic rings. The molecule has 1 atom stereocenters. The molecule has 0 aromatic heterocycles. The number of halogens is 1. The van der Waals surface area contributed by atoms with Gasteiger partial charge in [0.25, 0.3) is 0 Å². The van der Waals surface area contributed by atoms with E-state index in [4.69, 9.17) is 11.6 Å². The molecule has 1 rings (SSSR count). The lowest BCUT2D eigenvalue weighted by Crippen LogP contribution is -2.49. The van der Waals surface area contributed by atoms with Crippen LogP contribution in [0.15, 0.2) is 24.3 Å². The molecule has 1 aromatic carbocycles. The number of likely N-dealkylation sites (N-methyl/N-ethyl adjacent to an activating group) is 1. The first kappa shape index (κ1) is 13.5. The summed E-state index contributed by atoms with van der Waals surface area (Å²) >= 11 is 6.07. The third-order valence-electron chi connectivity index (χ3n) is 3.34. The Morgan fingerprint density at radius 1 is 1.31 bits per heavy atom. The van der Waals surface area contributed by atoms with Crippen molar-refractivity contribution in [1.29, 1.82) is 0 Å². The molecule has 0 saturated heterocycles. The van der Waals surface area contributed by atoms with Crippen LogP contribution in [0.2, 0.25) is 5.02 Å². The zero-order valence-corrected chi connectivity index (χ0v) is 11.1. The van der Waals surface area contributed by atoms with Crippen LogP contribution in [0.25, 0.3) is 0 Å². The van der Waals surface area contributed by atoms with E-state index in [9.17, 15) is 5.11 Å². The third-order valence-corrected chi connectivity index (χ3v) is 3.71. The summed E-state index contributed by atoms with van der Waals surface area (Å²) in [7, 11) is 3.94. The van der Waals surface area contributed by atoms with Gasteiger partial charge in [-0.05, 0) is 39.6 Å². The number of rotatable bonds is 4. The fraction of sp³-hybridized carbons (Fsp3) is 0.538. The fourth-order valence-electron chi connectivity index (χ4n) is 1.42. The van der Waals surface area contributed by atoms with E-state index in [0.717, 1.165) is 10.6 Å². The zero-order chi connectivity index (χ0) is 12.3. The summed E-state index contributed by atoms with van der Waals surface area (Å²) in [5.41, 5.74) is 0.728. The van der Waals surface area contributed by atoms with Gasteiger partial charge < -0.3 is 10.0 Å². The van der Waals surface area contributed by atoms with Crippen LogP contribution in [0.1, 0.15) is 19.4 Å². The SMILES string of the molecule is CN(C)C(C)(C)C(O)Cc1ccccc1Cl. The highest BCUT2D eigenvalue weighted by molar-refractivity contribution is 6.31. The van der Waals surface area contributed by atoms with Gasteiger partial charge in [-0.2, -0.15) is 0 Å². The highest BCUT2D eigenvalue weighted by Gasteiger charge is 2.30. The number of aliphatic hydroxyl groups is 1. The Morgan fingerprint density at radius 2 is 1.88 bits per heavy atom. The van der Waals surface area contributed by atoms with Crippen LogP contribution < -0.4 is 0 Å². The van der Waals surface area contributed by atoms with Gasteiger partial charge in [-0.25, -0.2) is 0 Å². The molecule has 0 aliphatic heterocycles. The van der Waals surface area contributed by atoms with Crippen molar-refractivity contribution < 1.29 is 5.11 Å². The lowest BCUT2D eigenvalue weighted by molar-refractivity contribution is 0.0183. The minimum absolute atomic E-state index is 0.265. The van der Waals surface area contributed by atoms with Crippen molar-refractivity contribution in [2.75, 3.05) is 14.1 Å². The molecule has 0 aliphatic carbocycles. The standard InChI is InChI=1S/C13H20ClNO/c1-13(2,15(3)4)12(16)9-10-7-5-6-8-11(10)14/h5-8,12,16H,9H2,1-4H3. The molecule has 0 spiro atoms. The van der Waals surface area contributed by atoms with Crippen LogP contribution in [0.5, 0.6) is 0 Å². The van der Waals surface area contributed by atoms with Crippen LogP contribution >= 0.6 is 11.6 Å². The molecule has 0 fully saturated rings. The summed E-state index contributed by atoms with van der Waals surface area (Å²) in [5.74, 6) is 0. The molecular formula is C13H20ClNO. The third kappa shape index (κ3) is 2.97. The van der Waals surface area contributed by atoms with Gasteiger partial charge in [-0.3, -0.25) is 0 Å². The molecule has 90 valence electrons. The zero-order valence-electron chi connectivity index (χ0n) is 10.4. The van der Waals surface area contributed by atoms with Gasteiger partial charge in [0, 0.05) is 17.0 Å². The Balaban J connectivity index is 2.79. The van der Waals surface area contributed by atoms with Gasteiger partial charge in [0.15, 0.2) is 0 Å². The quantitative estimate of drug-likeness (QED) is 0.876. The van der Waals surface area contributed by atoms with Crippen molar-refractivity contribution in [1.82, 2.24) is 4.90 Å². The average molecular weight is 242 g/mol. The normalized spacial score (nSPS) is 14.2. The van der Waals surface area contributed by atoms with Crippen molar-refractivity contribution >= 4 is 11.6 Å². The molecule has 0 heterocycles. The van der Waals surface area contributed by atoms with E-state index in [-0.39, 0.29) is 5.54 Å².